The van der Waals surface area contributed by atoms with Crippen LogP contribution in [0.5, 0.6) is 0 Å². The third-order valence-corrected chi connectivity index (χ3v) is 2.94. The Labute approximate surface area is 117 Å². The van der Waals surface area contributed by atoms with Gasteiger partial charge in [0.15, 0.2) is 0 Å². The maximum atomic E-state index is 12.6. The zero-order valence-corrected chi connectivity index (χ0v) is 11.7. The second-order valence-corrected chi connectivity index (χ2v) is 4.48. The third-order valence-electron chi connectivity index (χ3n) is 2.25. The molecule has 0 aromatic heterocycles. The summed E-state index contributed by atoms with van der Waals surface area (Å²) in [6.07, 6.45) is -4.01. The highest BCUT2D eigenvalue weighted by atomic mass is 79.9. The van der Waals surface area contributed by atoms with Crippen LogP contribution < -0.4 is 5.32 Å². The molecule has 6 heteroatoms. The first-order chi connectivity index (χ1) is 8.86. The predicted octanol–water partition coefficient (Wildman–Crippen LogP) is 3.61. The van der Waals surface area contributed by atoms with Crippen molar-refractivity contribution in [2.24, 2.45) is 0 Å². The van der Waals surface area contributed by atoms with E-state index in [0.717, 1.165) is 12.1 Å². The van der Waals surface area contributed by atoms with Crippen molar-refractivity contribution in [2.75, 3.05) is 6.54 Å². The van der Waals surface area contributed by atoms with Crippen LogP contribution in [-0.4, -0.2) is 12.5 Å². The topological polar surface area (TPSA) is 29.1 Å². The Morgan fingerprint density at radius 2 is 2.11 bits per heavy atom. The summed E-state index contributed by atoms with van der Waals surface area (Å²) in [6, 6.07) is 2.96. The lowest BCUT2D eigenvalue weighted by Crippen LogP contribution is -2.25. The number of benzene rings is 1. The molecule has 0 saturated carbocycles. The number of amides is 1. The Bertz CT molecular complexity index is 529. The zero-order chi connectivity index (χ0) is 14.5. The molecule has 2 nitrogen and oxygen atoms in total. The van der Waals surface area contributed by atoms with Crippen LogP contribution in [0.1, 0.15) is 29.3 Å². The molecule has 1 aromatic rings. The summed E-state index contributed by atoms with van der Waals surface area (Å²) in [5, 5.41) is 2.51. The average molecular weight is 334 g/mol. The van der Waals surface area contributed by atoms with Gasteiger partial charge >= 0.3 is 6.18 Å². The largest absolute Gasteiger partial charge is 0.416 e. The first-order valence-corrected chi connectivity index (χ1v) is 6.20. The molecule has 0 heterocycles. The molecule has 0 unspecified atom stereocenters. The normalized spacial score (nSPS) is 10.6. The fourth-order valence-corrected chi connectivity index (χ4v) is 1.76. The monoisotopic (exact) mass is 333 g/mol. The minimum atomic E-state index is -4.47. The number of hydrogen-bond acceptors (Lipinski definition) is 1. The van der Waals surface area contributed by atoms with E-state index in [1.165, 1.54) is 6.07 Å². The smallest absolute Gasteiger partial charge is 0.351 e. The first kappa shape index (κ1) is 15.6. The summed E-state index contributed by atoms with van der Waals surface area (Å²) in [6.45, 7) is 1.97. The first-order valence-electron chi connectivity index (χ1n) is 5.41. The number of nitrogens with one attached hydrogen (secondary N) is 1. The SMILES string of the molecule is CC#CCCNC(=O)c1cc(C(F)(F)F)ccc1Br. The second-order valence-electron chi connectivity index (χ2n) is 3.63. The molecular weight excluding hydrogens is 323 g/mol. The molecule has 1 rings (SSSR count). The number of carbonyl (C=O) groups excluding carboxylic acids is 1. The van der Waals surface area contributed by atoms with E-state index < -0.39 is 17.6 Å². The molecule has 102 valence electrons. The van der Waals surface area contributed by atoms with Crippen LogP contribution in [0.15, 0.2) is 22.7 Å². The van der Waals surface area contributed by atoms with Gasteiger partial charge < -0.3 is 5.32 Å². The lowest BCUT2D eigenvalue weighted by molar-refractivity contribution is -0.137. The maximum absolute atomic E-state index is 12.6. The Balaban J connectivity index is 2.86. The van der Waals surface area contributed by atoms with Gasteiger partial charge in [0.1, 0.15) is 0 Å². The Morgan fingerprint density at radius 3 is 2.68 bits per heavy atom. The quantitative estimate of drug-likeness (QED) is 0.664. The molecule has 19 heavy (non-hydrogen) atoms. The number of halogens is 4. The van der Waals surface area contributed by atoms with Gasteiger partial charge in [0.2, 0.25) is 0 Å². The molecule has 0 spiro atoms. The molecule has 0 aliphatic carbocycles. The van der Waals surface area contributed by atoms with Crippen molar-refractivity contribution in [2.45, 2.75) is 19.5 Å². The molecule has 0 aliphatic heterocycles. The van der Waals surface area contributed by atoms with Gasteiger partial charge in [-0.1, -0.05) is 0 Å². The van der Waals surface area contributed by atoms with E-state index in [2.05, 4.69) is 33.1 Å². The van der Waals surface area contributed by atoms with Gasteiger partial charge in [0.25, 0.3) is 5.91 Å². The van der Waals surface area contributed by atoms with Crippen LogP contribution in [-0.2, 0) is 6.18 Å². The molecule has 0 fully saturated rings. The van der Waals surface area contributed by atoms with Gasteiger partial charge in [0, 0.05) is 17.4 Å². The number of rotatable bonds is 3. The van der Waals surface area contributed by atoms with Crippen molar-refractivity contribution < 1.29 is 18.0 Å². The van der Waals surface area contributed by atoms with Gasteiger partial charge in [-0.05, 0) is 41.1 Å². The Kier molecular flexibility index (Phi) is 5.43. The van der Waals surface area contributed by atoms with Crippen molar-refractivity contribution in [1.29, 1.82) is 0 Å². The summed E-state index contributed by atoms with van der Waals surface area (Å²) < 4.78 is 38.0. The zero-order valence-electron chi connectivity index (χ0n) is 10.1. The molecule has 0 aliphatic rings. The molecule has 1 N–H and O–H groups in total. The van der Waals surface area contributed by atoms with E-state index in [9.17, 15) is 18.0 Å². The Hall–Kier alpha value is -1.48. The van der Waals surface area contributed by atoms with Gasteiger partial charge in [-0.15, -0.1) is 11.8 Å². The van der Waals surface area contributed by atoms with Gasteiger partial charge in [0.05, 0.1) is 11.1 Å². The lowest BCUT2D eigenvalue weighted by atomic mass is 10.1. The molecule has 0 bridgehead atoms. The average Bonchev–Trinajstić information content (AvgIpc) is 2.33. The number of carbonyl (C=O) groups is 1. The van der Waals surface area contributed by atoms with Crippen LogP contribution >= 0.6 is 15.9 Å². The highest BCUT2D eigenvalue weighted by Crippen LogP contribution is 2.31. The van der Waals surface area contributed by atoms with Crippen molar-refractivity contribution >= 4 is 21.8 Å². The van der Waals surface area contributed by atoms with E-state index in [4.69, 9.17) is 0 Å². The van der Waals surface area contributed by atoms with Crippen LogP contribution in [0, 0.1) is 11.8 Å². The molecule has 1 aromatic carbocycles. The van der Waals surface area contributed by atoms with Crippen molar-refractivity contribution in [3.05, 3.63) is 33.8 Å². The predicted molar refractivity (Wildman–Crippen MR) is 69.5 cm³/mol. The van der Waals surface area contributed by atoms with E-state index in [-0.39, 0.29) is 5.56 Å². The third kappa shape index (κ3) is 4.60. The molecule has 0 saturated heterocycles. The molecule has 0 atom stereocenters. The standard InChI is InChI=1S/C13H11BrF3NO/c1-2-3-4-7-18-12(19)10-8-9(13(15,16)17)5-6-11(10)14/h5-6,8H,4,7H2,1H3,(H,18,19). The van der Waals surface area contributed by atoms with Gasteiger partial charge in [-0.2, -0.15) is 13.2 Å². The lowest BCUT2D eigenvalue weighted by Gasteiger charge is -2.10. The van der Waals surface area contributed by atoms with Crippen LogP contribution in [0.4, 0.5) is 13.2 Å². The van der Waals surface area contributed by atoms with Crippen molar-refractivity contribution in [1.82, 2.24) is 5.32 Å². The van der Waals surface area contributed by atoms with Crippen LogP contribution in [0.3, 0.4) is 0 Å². The van der Waals surface area contributed by atoms with Crippen LogP contribution in [0.25, 0.3) is 0 Å². The fourth-order valence-electron chi connectivity index (χ4n) is 1.33. The molecule has 1 amide bonds. The van der Waals surface area contributed by atoms with E-state index in [1.807, 2.05) is 0 Å². The van der Waals surface area contributed by atoms with Crippen molar-refractivity contribution in [3.63, 3.8) is 0 Å². The van der Waals surface area contributed by atoms with E-state index in [0.29, 0.717) is 17.4 Å². The molecular formula is C13H11BrF3NO. The summed E-state index contributed by atoms with van der Waals surface area (Å²) in [5.41, 5.74) is -0.895. The summed E-state index contributed by atoms with van der Waals surface area (Å²) in [5.74, 6) is 4.85. The minimum absolute atomic E-state index is 0.0423. The van der Waals surface area contributed by atoms with Crippen LogP contribution in [0.2, 0.25) is 0 Å². The summed E-state index contributed by atoms with van der Waals surface area (Å²) >= 11 is 3.06. The highest BCUT2D eigenvalue weighted by molar-refractivity contribution is 9.10. The van der Waals surface area contributed by atoms with Crippen molar-refractivity contribution in [3.8, 4) is 11.8 Å². The Morgan fingerprint density at radius 1 is 1.42 bits per heavy atom. The van der Waals surface area contributed by atoms with E-state index >= 15 is 0 Å². The molecule has 0 radical (unpaired) electrons. The number of alkyl halides is 3. The summed E-state index contributed by atoms with van der Waals surface area (Å²) in [7, 11) is 0. The minimum Gasteiger partial charge on any atom is -0.351 e. The maximum Gasteiger partial charge on any atom is 0.416 e. The number of hydrogen-bond donors (Lipinski definition) is 1. The highest BCUT2D eigenvalue weighted by Gasteiger charge is 2.31. The van der Waals surface area contributed by atoms with Gasteiger partial charge in [-0.3, -0.25) is 4.79 Å². The van der Waals surface area contributed by atoms with Gasteiger partial charge in [-0.25, -0.2) is 0 Å². The van der Waals surface area contributed by atoms with E-state index in [1.54, 1.807) is 6.92 Å². The second kappa shape index (κ2) is 6.62. The summed E-state index contributed by atoms with van der Waals surface area (Å²) in [4.78, 5) is 11.8. The fraction of sp³-hybridized carbons (Fsp3) is 0.308.